The number of allylic oxidation sites excluding steroid dienone is 1. The van der Waals surface area contributed by atoms with Gasteiger partial charge in [-0.3, -0.25) is 14.6 Å². The predicted molar refractivity (Wildman–Crippen MR) is 110 cm³/mol. The summed E-state index contributed by atoms with van der Waals surface area (Å²) in [5.41, 5.74) is 3.86. The Kier molecular flexibility index (Phi) is 6.17. The summed E-state index contributed by atoms with van der Waals surface area (Å²) in [5.74, 6) is -0.463. The van der Waals surface area contributed by atoms with Gasteiger partial charge in [0, 0.05) is 17.1 Å². The van der Waals surface area contributed by atoms with E-state index in [9.17, 15) is 9.59 Å². The molecule has 0 fully saturated rings. The molecule has 5 heteroatoms. The first-order chi connectivity index (χ1) is 13.6. The fourth-order valence-electron chi connectivity index (χ4n) is 3.09. The number of esters is 1. The highest BCUT2D eigenvalue weighted by Crippen LogP contribution is 2.23. The molecule has 1 N–H and O–H groups in total. The molecule has 0 unspecified atom stereocenters. The van der Waals surface area contributed by atoms with Gasteiger partial charge in [-0.25, -0.2) is 0 Å². The number of amides is 1. The second-order valence-corrected chi connectivity index (χ2v) is 6.40. The summed E-state index contributed by atoms with van der Waals surface area (Å²) in [6.07, 6.45) is 6.11. The number of ether oxygens (including phenoxy) is 1. The minimum Gasteiger partial charge on any atom is -0.469 e. The minimum absolute atomic E-state index is 0.173. The first-order valence-electron chi connectivity index (χ1n) is 9.05. The van der Waals surface area contributed by atoms with Crippen LogP contribution in [-0.2, 0) is 16.0 Å². The molecule has 0 bridgehead atoms. The third-order valence-electron chi connectivity index (χ3n) is 4.48. The highest BCUT2D eigenvalue weighted by atomic mass is 16.5. The molecule has 0 saturated heterocycles. The molecule has 1 heterocycles. The molecule has 1 amide bonds. The van der Waals surface area contributed by atoms with Crippen molar-refractivity contribution in [2.24, 2.45) is 0 Å². The molecule has 0 radical (unpaired) electrons. The number of nitrogens with one attached hydrogen (secondary N) is 1. The number of anilines is 1. The monoisotopic (exact) mass is 374 g/mol. The Hall–Kier alpha value is -3.47. The van der Waals surface area contributed by atoms with Gasteiger partial charge in [0.1, 0.15) is 0 Å². The second kappa shape index (κ2) is 8.95. The van der Waals surface area contributed by atoms with Gasteiger partial charge in [-0.1, -0.05) is 48.6 Å². The highest BCUT2D eigenvalue weighted by molar-refractivity contribution is 6.09. The number of rotatable bonds is 6. The van der Waals surface area contributed by atoms with Gasteiger partial charge >= 0.3 is 5.97 Å². The SMILES string of the molecule is COC(=O)C/C=C\Cc1cccc(C)c1C(=O)Nc1cccc2cccnc12. The van der Waals surface area contributed by atoms with Gasteiger partial charge in [-0.2, -0.15) is 0 Å². The topological polar surface area (TPSA) is 68.3 Å². The second-order valence-electron chi connectivity index (χ2n) is 6.40. The first-order valence-corrected chi connectivity index (χ1v) is 9.05. The Bertz CT molecular complexity index is 1040. The van der Waals surface area contributed by atoms with Crippen molar-refractivity contribution in [3.8, 4) is 0 Å². The maximum Gasteiger partial charge on any atom is 0.309 e. The summed E-state index contributed by atoms with van der Waals surface area (Å²) in [5, 5.41) is 3.97. The zero-order chi connectivity index (χ0) is 19.9. The fourth-order valence-corrected chi connectivity index (χ4v) is 3.09. The maximum atomic E-state index is 13.0. The number of methoxy groups -OCH3 is 1. The molecule has 142 valence electrons. The highest BCUT2D eigenvalue weighted by Gasteiger charge is 2.15. The molecule has 0 atom stereocenters. The molecule has 2 aromatic carbocycles. The van der Waals surface area contributed by atoms with E-state index in [1.54, 1.807) is 12.3 Å². The number of pyridine rings is 1. The fraction of sp³-hybridized carbons (Fsp3) is 0.174. The van der Waals surface area contributed by atoms with E-state index in [4.69, 9.17) is 0 Å². The van der Waals surface area contributed by atoms with E-state index in [0.29, 0.717) is 17.7 Å². The van der Waals surface area contributed by atoms with Crippen LogP contribution in [0.3, 0.4) is 0 Å². The van der Waals surface area contributed by atoms with E-state index in [0.717, 1.165) is 22.0 Å². The van der Waals surface area contributed by atoms with Crippen molar-refractivity contribution in [1.29, 1.82) is 0 Å². The average Bonchev–Trinajstić information content (AvgIpc) is 2.71. The van der Waals surface area contributed by atoms with Crippen LogP contribution in [0, 0.1) is 6.92 Å². The van der Waals surface area contributed by atoms with Gasteiger partial charge in [-0.05, 0) is 36.6 Å². The number of aryl methyl sites for hydroxylation is 1. The van der Waals surface area contributed by atoms with E-state index in [1.165, 1.54) is 7.11 Å². The van der Waals surface area contributed by atoms with E-state index >= 15 is 0 Å². The number of carbonyl (C=O) groups excluding carboxylic acids is 2. The van der Waals surface area contributed by atoms with E-state index < -0.39 is 0 Å². The zero-order valence-corrected chi connectivity index (χ0v) is 15.9. The van der Waals surface area contributed by atoms with Crippen LogP contribution in [0.4, 0.5) is 5.69 Å². The van der Waals surface area contributed by atoms with Crippen LogP contribution < -0.4 is 5.32 Å². The van der Waals surface area contributed by atoms with Crippen molar-refractivity contribution >= 4 is 28.5 Å². The first kappa shape index (κ1) is 19.3. The quantitative estimate of drug-likeness (QED) is 0.511. The van der Waals surface area contributed by atoms with Crippen LogP contribution in [0.2, 0.25) is 0 Å². The molecule has 1 aromatic heterocycles. The van der Waals surface area contributed by atoms with Gasteiger partial charge in [0.05, 0.1) is 24.7 Å². The molecule has 0 aliphatic rings. The number of benzene rings is 2. The number of para-hydroxylation sites is 1. The van der Waals surface area contributed by atoms with Crippen LogP contribution in [0.25, 0.3) is 10.9 Å². The van der Waals surface area contributed by atoms with Crippen LogP contribution >= 0.6 is 0 Å². The number of fused-ring (bicyclic) bond motifs is 1. The zero-order valence-electron chi connectivity index (χ0n) is 15.9. The van der Waals surface area contributed by atoms with E-state index in [-0.39, 0.29) is 18.3 Å². The standard InChI is InChI=1S/C23H22N2O3/c1-16-8-5-10-17(9-3-4-14-20(26)28-2)21(16)23(27)25-19-13-6-11-18-12-7-15-24-22(18)19/h3-8,10-13,15H,9,14H2,1-2H3,(H,25,27)/b4-3-. The molecule has 5 nitrogen and oxygen atoms in total. The predicted octanol–water partition coefficient (Wildman–Crippen LogP) is 4.46. The lowest BCUT2D eigenvalue weighted by molar-refractivity contribution is -0.139. The summed E-state index contributed by atoms with van der Waals surface area (Å²) in [4.78, 5) is 28.7. The van der Waals surface area contributed by atoms with E-state index in [2.05, 4.69) is 15.0 Å². The normalized spacial score (nSPS) is 10.9. The maximum absolute atomic E-state index is 13.0. The molecule has 3 rings (SSSR count). The van der Waals surface area contributed by atoms with Gasteiger partial charge in [-0.15, -0.1) is 0 Å². The minimum atomic E-state index is -0.290. The van der Waals surface area contributed by atoms with Crippen molar-refractivity contribution in [1.82, 2.24) is 4.98 Å². The van der Waals surface area contributed by atoms with Gasteiger partial charge in [0.15, 0.2) is 0 Å². The smallest absolute Gasteiger partial charge is 0.309 e. The van der Waals surface area contributed by atoms with Crippen molar-refractivity contribution in [2.75, 3.05) is 12.4 Å². The third kappa shape index (κ3) is 4.43. The van der Waals surface area contributed by atoms with Gasteiger partial charge in [0.2, 0.25) is 0 Å². The van der Waals surface area contributed by atoms with Crippen molar-refractivity contribution in [2.45, 2.75) is 19.8 Å². The number of carbonyl (C=O) groups is 2. The summed E-state index contributed by atoms with van der Waals surface area (Å²) in [6, 6.07) is 15.3. The summed E-state index contributed by atoms with van der Waals surface area (Å²) in [7, 11) is 1.36. The third-order valence-corrected chi connectivity index (χ3v) is 4.48. The van der Waals surface area contributed by atoms with Crippen LogP contribution in [0.5, 0.6) is 0 Å². The molecule has 0 aliphatic heterocycles. The summed E-state index contributed by atoms with van der Waals surface area (Å²) >= 11 is 0. The summed E-state index contributed by atoms with van der Waals surface area (Å²) in [6.45, 7) is 1.91. The lowest BCUT2D eigenvalue weighted by Gasteiger charge is -2.13. The van der Waals surface area contributed by atoms with Crippen LogP contribution in [0.15, 0.2) is 66.9 Å². The Labute approximate surface area is 164 Å². The van der Waals surface area contributed by atoms with Gasteiger partial charge in [0.25, 0.3) is 5.91 Å². The Morgan fingerprint density at radius 3 is 2.68 bits per heavy atom. The molecule has 0 aliphatic carbocycles. The van der Waals surface area contributed by atoms with Gasteiger partial charge < -0.3 is 10.1 Å². The molecule has 0 spiro atoms. The number of nitrogens with zero attached hydrogens (tertiary/aromatic N) is 1. The number of aromatic nitrogens is 1. The molecule has 28 heavy (non-hydrogen) atoms. The van der Waals surface area contributed by atoms with Crippen LogP contribution in [0.1, 0.15) is 27.9 Å². The average molecular weight is 374 g/mol. The van der Waals surface area contributed by atoms with Crippen molar-refractivity contribution < 1.29 is 14.3 Å². The molecular weight excluding hydrogens is 352 g/mol. The Morgan fingerprint density at radius 2 is 1.86 bits per heavy atom. The Morgan fingerprint density at radius 1 is 1.07 bits per heavy atom. The lowest BCUT2D eigenvalue weighted by Crippen LogP contribution is -2.16. The Balaban J connectivity index is 1.84. The number of hydrogen-bond acceptors (Lipinski definition) is 4. The molecular formula is C23H22N2O3. The van der Waals surface area contributed by atoms with Crippen molar-refractivity contribution in [3.63, 3.8) is 0 Å². The lowest BCUT2D eigenvalue weighted by atomic mass is 9.98. The summed E-state index contributed by atoms with van der Waals surface area (Å²) < 4.78 is 4.62. The van der Waals surface area contributed by atoms with E-state index in [1.807, 2.05) is 61.5 Å². The number of hydrogen-bond donors (Lipinski definition) is 1. The van der Waals surface area contributed by atoms with Crippen LogP contribution in [-0.4, -0.2) is 24.0 Å². The molecule has 0 saturated carbocycles. The largest absolute Gasteiger partial charge is 0.469 e. The van der Waals surface area contributed by atoms with Crippen molar-refractivity contribution in [3.05, 3.63) is 83.6 Å². The molecule has 3 aromatic rings.